The molecule has 112 valence electrons. The zero-order valence-corrected chi connectivity index (χ0v) is 12.1. The molecular weight excluding hydrogens is 260 g/mol. The molecule has 1 atom stereocenters. The summed E-state index contributed by atoms with van der Waals surface area (Å²) < 4.78 is 0. The summed E-state index contributed by atoms with van der Waals surface area (Å²) in [6.07, 6.45) is 3.99. The van der Waals surface area contributed by atoms with Gasteiger partial charge in [0, 0.05) is 24.9 Å². The summed E-state index contributed by atoms with van der Waals surface area (Å²) in [5.41, 5.74) is 0.780. The van der Waals surface area contributed by atoms with Crippen molar-refractivity contribution in [3.63, 3.8) is 0 Å². The SMILES string of the molecule is CC(C)(C)CCNC(=O)NC(Cc1cnc[nH]1)C(=O)O. The normalized spacial score (nSPS) is 12.8. The Balaban J connectivity index is 2.41. The lowest BCUT2D eigenvalue weighted by Gasteiger charge is -2.19. The van der Waals surface area contributed by atoms with Crippen LogP contribution in [0.1, 0.15) is 32.9 Å². The van der Waals surface area contributed by atoms with Crippen molar-refractivity contribution >= 4 is 12.0 Å². The number of hydrogen-bond donors (Lipinski definition) is 4. The first-order valence-corrected chi connectivity index (χ1v) is 6.52. The van der Waals surface area contributed by atoms with Crippen LogP contribution >= 0.6 is 0 Å². The Kier molecular flexibility index (Phi) is 5.54. The second-order valence-electron chi connectivity index (χ2n) is 5.88. The fraction of sp³-hybridized carbons (Fsp3) is 0.615. The Labute approximate surface area is 118 Å². The van der Waals surface area contributed by atoms with Crippen LogP contribution in [0.2, 0.25) is 0 Å². The van der Waals surface area contributed by atoms with E-state index >= 15 is 0 Å². The predicted molar refractivity (Wildman–Crippen MR) is 74.3 cm³/mol. The summed E-state index contributed by atoms with van der Waals surface area (Å²) >= 11 is 0. The molecule has 0 aliphatic carbocycles. The number of carbonyl (C=O) groups is 2. The molecule has 0 aromatic carbocycles. The molecule has 0 saturated carbocycles. The van der Waals surface area contributed by atoms with Gasteiger partial charge in [0.05, 0.1) is 6.33 Å². The van der Waals surface area contributed by atoms with E-state index in [2.05, 4.69) is 41.4 Å². The van der Waals surface area contributed by atoms with Crippen molar-refractivity contribution < 1.29 is 14.7 Å². The number of aromatic amines is 1. The first-order valence-electron chi connectivity index (χ1n) is 6.52. The maximum atomic E-state index is 11.7. The molecule has 1 rings (SSSR count). The van der Waals surface area contributed by atoms with Crippen molar-refractivity contribution in [3.8, 4) is 0 Å². The molecule has 0 radical (unpaired) electrons. The average Bonchev–Trinajstić information content (AvgIpc) is 2.79. The minimum absolute atomic E-state index is 0.120. The molecule has 0 spiro atoms. The van der Waals surface area contributed by atoms with Gasteiger partial charge < -0.3 is 20.7 Å². The van der Waals surface area contributed by atoms with Crippen LogP contribution in [0.15, 0.2) is 12.5 Å². The zero-order chi connectivity index (χ0) is 15.2. The highest BCUT2D eigenvalue weighted by molar-refractivity contribution is 5.82. The predicted octanol–water partition coefficient (Wildman–Crippen LogP) is 1.14. The molecule has 7 heteroatoms. The fourth-order valence-corrected chi connectivity index (χ4v) is 1.58. The van der Waals surface area contributed by atoms with E-state index < -0.39 is 18.0 Å². The van der Waals surface area contributed by atoms with Gasteiger partial charge >= 0.3 is 12.0 Å². The molecule has 20 heavy (non-hydrogen) atoms. The number of H-pyrrole nitrogens is 1. The quantitative estimate of drug-likeness (QED) is 0.627. The Bertz CT molecular complexity index is 437. The molecule has 2 amide bonds. The number of carbonyl (C=O) groups excluding carboxylic acids is 1. The number of nitrogens with zero attached hydrogens (tertiary/aromatic N) is 1. The number of carboxylic acids is 1. The van der Waals surface area contributed by atoms with E-state index in [0.29, 0.717) is 12.2 Å². The van der Waals surface area contributed by atoms with Crippen LogP contribution in [0, 0.1) is 5.41 Å². The summed E-state index contributed by atoms with van der Waals surface area (Å²) in [5, 5.41) is 14.2. The number of nitrogens with one attached hydrogen (secondary N) is 3. The second kappa shape index (κ2) is 6.93. The third-order valence-electron chi connectivity index (χ3n) is 2.74. The number of aliphatic carboxylic acids is 1. The first kappa shape index (κ1) is 16.0. The zero-order valence-electron chi connectivity index (χ0n) is 12.1. The van der Waals surface area contributed by atoms with E-state index in [1.165, 1.54) is 12.5 Å². The number of rotatable bonds is 6. The number of amides is 2. The van der Waals surface area contributed by atoms with Crippen LogP contribution in [0.25, 0.3) is 0 Å². The van der Waals surface area contributed by atoms with Crippen LogP contribution in [-0.2, 0) is 11.2 Å². The number of imidazole rings is 1. The van der Waals surface area contributed by atoms with Gasteiger partial charge in [-0.05, 0) is 11.8 Å². The molecule has 4 N–H and O–H groups in total. The third-order valence-corrected chi connectivity index (χ3v) is 2.74. The van der Waals surface area contributed by atoms with Gasteiger partial charge in [-0.15, -0.1) is 0 Å². The molecule has 0 fully saturated rings. The number of hydrogen-bond acceptors (Lipinski definition) is 3. The van der Waals surface area contributed by atoms with Crippen molar-refractivity contribution in [1.82, 2.24) is 20.6 Å². The van der Waals surface area contributed by atoms with Gasteiger partial charge in [0.2, 0.25) is 0 Å². The lowest BCUT2D eigenvalue weighted by atomic mass is 9.92. The highest BCUT2D eigenvalue weighted by Crippen LogP contribution is 2.16. The number of carboxylic acid groups (broad SMARTS) is 1. The van der Waals surface area contributed by atoms with E-state index in [0.717, 1.165) is 6.42 Å². The second-order valence-corrected chi connectivity index (χ2v) is 5.88. The molecule has 1 unspecified atom stereocenters. The number of aromatic nitrogens is 2. The number of urea groups is 1. The van der Waals surface area contributed by atoms with Crippen molar-refractivity contribution in [3.05, 3.63) is 18.2 Å². The van der Waals surface area contributed by atoms with Crippen LogP contribution in [0.5, 0.6) is 0 Å². The van der Waals surface area contributed by atoms with Gasteiger partial charge in [-0.2, -0.15) is 0 Å². The van der Waals surface area contributed by atoms with E-state index in [1.54, 1.807) is 0 Å². The maximum Gasteiger partial charge on any atom is 0.326 e. The highest BCUT2D eigenvalue weighted by atomic mass is 16.4. The van der Waals surface area contributed by atoms with Crippen LogP contribution in [0.4, 0.5) is 4.79 Å². The molecule has 7 nitrogen and oxygen atoms in total. The van der Waals surface area contributed by atoms with Gasteiger partial charge in [0.1, 0.15) is 6.04 Å². The third kappa shape index (κ3) is 6.21. The molecule has 0 saturated heterocycles. The average molecular weight is 282 g/mol. The molecule has 0 bridgehead atoms. The largest absolute Gasteiger partial charge is 0.480 e. The minimum atomic E-state index is -1.08. The molecule has 1 aromatic rings. The minimum Gasteiger partial charge on any atom is -0.480 e. The summed E-state index contributed by atoms with van der Waals surface area (Å²) in [5.74, 6) is -1.08. The molecular formula is C13H22N4O3. The van der Waals surface area contributed by atoms with Crippen LogP contribution in [-0.4, -0.2) is 39.7 Å². The summed E-state index contributed by atoms with van der Waals surface area (Å²) in [4.78, 5) is 29.4. The van der Waals surface area contributed by atoms with Crippen molar-refractivity contribution in [2.45, 2.75) is 39.7 Å². The Morgan fingerprint density at radius 3 is 2.65 bits per heavy atom. The van der Waals surface area contributed by atoms with Crippen molar-refractivity contribution in [1.29, 1.82) is 0 Å². The lowest BCUT2D eigenvalue weighted by Crippen LogP contribution is -2.47. The Hall–Kier alpha value is -2.05. The van der Waals surface area contributed by atoms with Crippen LogP contribution in [0.3, 0.4) is 0 Å². The smallest absolute Gasteiger partial charge is 0.326 e. The monoisotopic (exact) mass is 282 g/mol. The van der Waals surface area contributed by atoms with E-state index in [1.807, 2.05) is 0 Å². The van der Waals surface area contributed by atoms with Gasteiger partial charge in [0.15, 0.2) is 0 Å². The highest BCUT2D eigenvalue weighted by Gasteiger charge is 2.21. The van der Waals surface area contributed by atoms with E-state index in [-0.39, 0.29) is 11.8 Å². The standard InChI is InChI=1S/C13H22N4O3/c1-13(2,3)4-5-15-12(20)17-10(11(18)19)6-9-7-14-8-16-9/h7-8,10H,4-6H2,1-3H3,(H,14,16)(H,18,19)(H2,15,17,20). The molecule has 1 heterocycles. The Morgan fingerprint density at radius 1 is 1.45 bits per heavy atom. The van der Waals surface area contributed by atoms with Gasteiger partial charge in [0.25, 0.3) is 0 Å². The summed E-state index contributed by atoms with van der Waals surface area (Å²) in [7, 11) is 0. The Morgan fingerprint density at radius 2 is 2.15 bits per heavy atom. The first-order chi connectivity index (χ1) is 9.28. The van der Waals surface area contributed by atoms with Crippen molar-refractivity contribution in [2.75, 3.05) is 6.54 Å². The van der Waals surface area contributed by atoms with Crippen LogP contribution < -0.4 is 10.6 Å². The van der Waals surface area contributed by atoms with Gasteiger partial charge in [-0.1, -0.05) is 20.8 Å². The molecule has 1 aromatic heterocycles. The topological polar surface area (TPSA) is 107 Å². The fourth-order valence-electron chi connectivity index (χ4n) is 1.58. The molecule has 0 aliphatic heterocycles. The van der Waals surface area contributed by atoms with E-state index in [9.17, 15) is 9.59 Å². The molecule has 0 aliphatic rings. The van der Waals surface area contributed by atoms with E-state index in [4.69, 9.17) is 5.11 Å². The lowest BCUT2D eigenvalue weighted by molar-refractivity contribution is -0.139. The van der Waals surface area contributed by atoms with Gasteiger partial charge in [-0.25, -0.2) is 14.6 Å². The summed E-state index contributed by atoms with van der Waals surface area (Å²) in [6.45, 7) is 6.73. The summed E-state index contributed by atoms with van der Waals surface area (Å²) in [6, 6.07) is -1.45. The van der Waals surface area contributed by atoms with Crippen molar-refractivity contribution in [2.24, 2.45) is 5.41 Å². The maximum absolute atomic E-state index is 11.7. The van der Waals surface area contributed by atoms with Gasteiger partial charge in [-0.3, -0.25) is 0 Å².